The molecule has 5 N–H and O–H groups in total. The summed E-state index contributed by atoms with van der Waals surface area (Å²) in [5.41, 5.74) is 3.83. The molecule has 6 aromatic rings. The number of aliphatic hydroxyl groups excluding tert-OH is 2. The molecule has 0 bridgehead atoms. The standard InChI is InChI=1S/C25H34N4O5Si.C25H32N4O3Si.CH4O.CH4/c1-16-20(34-35(5,6)24(2,3)4)21(33-25(16,32)14-30)18-12-13-19-22(26-15-27-29(18)19)28-23(31)17-10-8-7-9-11-17;1-16-17(2)31-22(21(16)32-33(6,7)25(3,4)5)19-13-14-20-23(26-15-27-29(19)20)28-24(30)18-11-9-8-10-12-18;1-2;/h7-13,15-16,20-21,30,32H,14H2,1-6H3,(H,26,27,28,31);8-16,21-22H,2H2,1,3-7H3,(H,26,27,28,30);2H,1H3;1H4/t16-,20+,21-,25?;16-,21-,22+;;/m01../s1/i;;1D2;. The van der Waals surface area contributed by atoms with Gasteiger partial charge in [-0.2, -0.15) is 10.2 Å². The van der Waals surface area contributed by atoms with Crippen LogP contribution in [-0.4, -0.2) is 105 Å². The Hall–Kier alpha value is -5.65. The highest BCUT2D eigenvalue weighted by Crippen LogP contribution is 2.49. The van der Waals surface area contributed by atoms with Crippen LogP contribution in [0.3, 0.4) is 0 Å². The van der Waals surface area contributed by atoms with Crippen molar-refractivity contribution in [3.05, 3.63) is 132 Å². The zero-order chi connectivity index (χ0) is 53.1. The average molecular weight is 1010 g/mol. The fourth-order valence-corrected chi connectivity index (χ4v) is 10.5. The second kappa shape index (κ2) is 22.0. The van der Waals surface area contributed by atoms with Crippen LogP contribution in [0.1, 0.15) is 110 Å². The van der Waals surface area contributed by atoms with Gasteiger partial charge in [-0.1, -0.05) is 106 Å². The summed E-state index contributed by atoms with van der Waals surface area (Å²) < 4.78 is 40.8. The fraction of sp³-hybridized carbons (Fsp3) is 0.462. The van der Waals surface area contributed by atoms with Gasteiger partial charge in [0.2, 0.25) is 0 Å². The molecular formula is C52H74N8O9Si2. The Kier molecular flexibility index (Phi) is 16.5. The van der Waals surface area contributed by atoms with Gasteiger partial charge in [0.25, 0.3) is 11.8 Å². The molecular weight excluding hydrogens is 937 g/mol. The Morgan fingerprint density at radius 3 is 1.56 bits per heavy atom. The second-order valence-electron chi connectivity index (χ2n) is 20.8. The van der Waals surface area contributed by atoms with Crippen LogP contribution in [0.4, 0.5) is 11.6 Å². The van der Waals surface area contributed by atoms with Gasteiger partial charge in [-0.3, -0.25) is 9.59 Å². The quantitative estimate of drug-likeness (QED) is 0.0765. The zero-order valence-electron chi connectivity index (χ0n) is 44.2. The number of fused-ring (bicyclic) bond motifs is 2. The maximum Gasteiger partial charge on any atom is 0.256 e. The highest BCUT2D eigenvalue weighted by molar-refractivity contribution is 6.74. The van der Waals surface area contributed by atoms with Gasteiger partial charge >= 0.3 is 0 Å². The summed E-state index contributed by atoms with van der Waals surface area (Å²) in [6, 6.07) is 25.4. The van der Waals surface area contributed by atoms with E-state index in [1.807, 2.05) is 49.4 Å². The summed E-state index contributed by atoms with van der Waals surface area (Å²) in [7, 11) is -5.97. The lowest BCUT2D eigenvalue weighted by atomic mass is 9.95. The van der Waals surface area contributed by atoms with Gasteiger partial charge in [0.15, 0.2) is 40.2 Å². The van der Waals surface area contributed by atoms with Gasteiger partial charge in [0, 0.05) is 30.0 Å². The van der Waals surface area contributed by atoms with Gasteiger partial charge in [-0.05, 0) is 84.8 Å². The van der Waals surface area contributed by atoms with E-state index in [1.165, 1.54) is 12.7 Å². The molecule has 2 saturated heterocycles. The molecule has 2 amide bonds. The van der Waals surface area contributed by atoms with Crippen LogP contribution in [0.2, 0.25) is 36.3 Å². The summed E-state index contributed by atoms with van der Waals surface area (Å²) >= 11 is 0. The number of aromatic nitrogens is 6. The predicted octanol–water partition coefficient (Wildman–Crippen LogP) is 9.60. The molecule has 17 nitrogen and oxygen atoms in total. The summed E-state index contributed by atoms with van der Waals surface area (Å²) in [6.07, 6.45) is 1.08. The molecule has 1 unspecified atom stereocenters. The van der Waals surface area contributed by atoms with E-state index in [0.29, 0.717) is 45.2 Å². The number of nitrogens with zero attached hydrogens (tertiary/aromatic N) is 6. The smallest absolute Gasteiger partial charge is 0.256 e. The van der Waals surface area contributed by atoms with E-state index in [1.54, 1.807) is 51.5 Å². The third kappa shape index (κ3) is 11.7. The summed E-state index contributed by atoms with van der Waals surface area (Å²) in [6.45, 7) is 29.4. The summed E-state index contributed by atoms with van der Waals surface area (Å²) in [5.74, 6) is -1.19. The van der Waals surface area contributed by atoms with Crippen LogP contribution in [-0.2, 0) is 18.3 Å². The molecule has 2 aliphatic heterocycles. The van der Waals surface area contributed by atoms with Crippen molar-refractivity contribution >= 4 is 51.1 Å². The minimum atomic E-state index is -2.25. The van der Waals surface area contributed by atoms with Crippen LogP contribution in [0.15, 0.2) is 110 Å². The predicted molar refractivity (Wildman–Crippen MR) is 281 cm³/mol. The largest absolute Gasteiger partial charge is 0.486 e. The van der Waals surface area contributed by atoms with Crippen LogP contribution in [0, 0.1) is 11.8 Å². The fourth-order valence-electron chi connectivity index (χ4n) is 7.77. The van der Waals surface area contributed by atoms with Gasteiger partial charge in [0.05, 0.1) is 38.7 Å². The lowest BCUT2D eigenvalue weighted by Crippen LogP contribution is -2.48. The molecule has 71 heavy (non-hydrogen) atoms. The second-order valence-corrected chi connectivity index (χ2v) is 30.3. The van der Waals surface area contributed by atoms with Crippen molar-refractivity contribution in [1.29, 1.82) is 0 Å². The number of carbonyl (C=O) groups excluding carboxylic acids is 2. The van der Waals surface area contributed by atoms with Crippen molar-refractivity contribution in [2.24, 2.45) is 11.8 Å². The third-order valence-electron chi connectivity index (χ3n) is 14.2. The lowest BCUT2D eigenvalue weighted by molar-refractivity contribution is -0.231. The summed E-state index contributed by atoms with van der Waals surface area (Å²) in [5, 5.41) is 43.0. The molecule has 8 rings (SSSR count). The van der Waals surface area contributed by atoms with E-state index in [-0.39, 0.29) is 47.4 Å². The molecule has 2 aliphatic rings. The molecule has 2 aromatic carbocycles. The number of hydrogen-bond donors (Lipinski definition) is 5. The van der Waals surface area contributed by atoms with Crippen molar-refractivity contribution in [2.75, 3.05) is 24.3 Å². The SMILES string of the molecule is C.C=C1O[C@@H](c2ccc3c(NC(=O)c4ccccc4)ncnn23)[C@H](O[Si](C)(C)C(C)(C)C)[C@@H]1C.C[C@H]1[C@@H](O[Si](C)(C)C(C)(C)C)[C@H](c2ccc3c(NC(=O)c4ccccc4)ncnn23)OC1(O)CO.[2H]C([2H])O. The molecule has 0 saturated carbocycles. The Labute approximate surface area is 422 Å². The topological polar surface area (TPSA) is 216 Å². The van der Waals surface area contributed by atoms with Crippen LogP contribution < -0.4 is 10.6 Å². The van der Waals surface area contributed by atoms with E-state index in [9.17, 15) is 19.8 Å². The van der Waals surface area contributed by atoms with Gasteiger partial charge in [-0.25, -0.2) is 19.0 Å². The Morgan fingerprint density at radius 2 is 1.15 bits per heavy atom. The number of nitrogens with one attached hydrogen (secondary N) is 2. The molecule has 384 valence electrons. The minimum absolute atomic E-state index is 0. The van der Waals surface area contributed by atoms with E-state index in [4.69, 9.17) is 26.2 Å². The summed E-state index contributed by atoms with van der Waals surface area (Å²) in [4.78, 5) is 34.0. The lowest BCUT2D eigenvalue weighted by Gasteiger charge is -2.40. The van der Waals surface area contributed by atoms with Crippen molar-refractivity contribution in [1.82, 2.24) is 29.2 Å². The monoisotopic (exact) mass is 1010 g/mol. The van der Waals surface area contributed by atoms with E-state index in [2.05, 4.69) is 112 Å². The first kappa shape index (κ1) is 53.2. The molecule has 2 fully saturated rings. The number of hydrogen-bond acceptors (Lipinski definition) is 13. The normalized spacial score (nSPS) is 22.8. The Bertz CT molecular complexity index is 2840. The maximum atomic E-state index is 12.7. The molecule has 7 atom stereocenters. The van der Waals surface area contributed by atoms with E-state index in [0.717, 1.165) is 5.69 Å². The zero-order valence-corrected chi connectivity index (χ0v) is 44.2. The highest BCUT2D eigenvalue weighted by atomic mass is 28.4. The number of aliphatic hydroxyl groups is 3. The van der Waals surface area contributed by atoms with Gasteiger partial charge in [0.1, 0.15) is 29.8 Å². The van der Waals surface area contributed by atoms with Gasteiger partial charge < -0.3 is 44.3 Å². The van der Waals surface area contributed by atoms with Crippen LogP contribution in [0.5, 0.6) is 0 Å². The first-order valence-corrected chi connectivity index (χ1v) is 29.0. The number of amides is 2. The molecule has 6 heterocycles. The number of ether oxygens (including phenoxy) is 2. The molecule has 0 spiro atoms. The van der Waals surface area contributed by atoms with Crippen molar-refractivity contribution in [3.63, 3.8) is 0 Å². The highest BCUT2D eigenvalue weighted by Gasteiger charge is 2.56. The van der Waals surface area contributed by atoms with E-state index < -0.39 is 54.2 Å². The Morgan fingerprint density at radius 1 is 0.746 bits per heavy atom. The molecule has 4 aromatic heterocycles. The number of benzene rings is 2. The van der Waals surface area contributed by atoms with Crippen molar-refractivity contribution < 1.29 is 46.0 Å². The molecule has 0 aliphatic carbocycles. The van der Waals surface area contributed by atoms with Crippen molar-refractivity contribution in [3.8, 4) is 0 Å². The number of anilines is 2. The minimum Gasteiger partial charge on any atom is -0.486 e. The average Bonchev–Trinajstić information content (AvgIpc) is 4.07. The van der Waals surface area contributed by atoms with Crippen LogP contribution >= 0.6 is 0 Å². The number of carbonyl (C=O) groups is 2. The Balaban J connectivity index is 0.000000249. The third-order valence-corrected chi connectivity index (χ3v) is 23.1. The van der Waals surface area contributed by atoms with Gasteiger partial charge in [-0.15, -0.1) is 0 Å². The first-order valence-electron chi connectivity index (χ1n) is 24.4. The van der Waals surface area contributed by atoms with Crippen molar-refractivity contribution in [2.45, 2.75) is 129 Å². The first-order chi connectivity index (χ1) is 33.6. The molecule has 19 heteroatoms. The number of rotatable bonds is 11. The van der Waals surface area contributed by atoms with Crippen LogP contribution in [0.25, 0.3) is 11.0 Å². The molecule has 0 radical (unpaired) electrons. The van der Waals surface area contributed by atoms with E-state index >= 15 is 0 Å². The maximum absolute atomic E-state index is 12.7.